The van der Waals surface area contributed by atoms with E-state index in [1.165, 1.54) is 37.2 Å². The molecule has 3 rings (SSSR count). The SMILES string of the molecule is c1csc(C2(CC3CCNCC3)COC2)c1. The lowest BCUT2D eigenvalue weighted by molar-refractivity contribution is -0.0712. The first-order chi connectivity index (χ1) is 7.89. The monoisotopic (exact) mass is 237 g/mol. The molecule has 2 aliphatic rings. The van der Waals surface area contributed by atoms with E-state index >= 15 is 0 Å². The molecule has 0 spiro atoms. The highest BCUT2D eigenvalue weighted by molar-refractivity contribution is 7.10. The molecule has 2 saturated heterocycles. The summed E-state index contributed by atoms with van der Waals surface area (Å²) in [6.45, 7) is 4.28. The zero-order valence-electron chi connectivity index (χ0n) is 9.58. The van der Waals surface area contributed by atoms with Gasteiger partial charge in [0.05, 0.1) is 18.6 Å². The van der Waals surface area contributed by atoms with Gasteiger partial charge in [0.1, 0.15) is 0 Å². The molecule has 0 aliphatic carbocycles. The molecule has 0 aromatic carbocycles. The van der Waals surface area contributed by atoms with Crippen LogP contribution in [0.25, 0.3) is 0 Å². The summed E-state index contributed by atoms with van der Waals surface area (Å²) in [5.74, 6) is 0.896. The average molecular weight is 237 g/mol. The molecule has 0 atom stereocenters. The molecule has 3 heterocycles. The lowest BCUT2D eigenvalue weighted by Crippen LogP contribution is -2.48. The van der Waals surface area contributed by atoms with Gasteiger partial charge in [0.2, 0.25) is 0 Å². The molecule has 1 aromatic heterocycles. The van der Waals surface area contributed by atoms with Gasteiger partial charge in [-0.3, -0.25) is 0 Å². The van der Waals surface area contributed by atoms with E-state index in [-0.39, 0.29) is 0 Å². The molecular weight excluding hydrogens is 218 g/mol. The maximum Gasteiger partial charge on any atom is 0.0593 e. The highest BCUT2D eigenvalue weighted by atomic mass is 32.1. The maximum absolute atomic E-state index is 5.49. The lowest BCUT2D eigenvalue weighted by atomic mass is 9.74. The van der Waals surface area contributed by atoms with Crippen molar-refractivity contribution in [1.29, 1.82) is 0 Å². The molecule has 16 heavy (non-hydrogen) atoms. The summed E-state index contributed by atoms with van der Waals surface area (Å²) in [4.78, 5) is 1.54. The first-order valence-corrected chi connectivity index (χ1v) is 7.09. The highest BCUT2D eigenvalue weighted by Gasteiger charge is 2.42. The van der Waals surface area contributed by atoms with Crippen LogP contribution in [0, 0.1) is 5.92 Å². The third kappa shape index (κ3) is 1.92. The van der Waals surface area contributed by atoms with Gasteiger partial charge in [-0.1, -0.05) is 6.07 Å². The van der Waals surface area contributed by atoms with Gasteiger partial charge in [-0.2, -0.15) is 0 Å². The Kier molecular flexibility index (Phi) is 3.01. The van der Waals surface area contributed by atoms with Crippen LogP contribution in [0.4, 0.5) is 0 Å². The minimum Gasteiger partial charge on any atom is -0.379 e. The van der Waals surface area contributed by atoms with Crippen molar-refractivity contribution in [1.82, 2.24) is 5.32 Å². The molecule has 0 amide bonds. The van der Waals surface area contributed by atoms with Gasteiger partial charge in [0, 0.05) is 4.88 Å². The summed E-state index contributed by atoms with van der Waals surface area (Å²) >= 11 is 1.90. The molecule has 0 radical (unpaired) electrons. The fraction of sp³-hybridized carbons (Fsp3) is 0.692. The van der Waals surface area contributed by atoms with Crippen LogP contribution in [0.1, 0.15) is 24.1 Å². The molecule has 1 N–H and O–H groups in total. The van der Waals surface area contributed by atoms with Gasteiger partial charge in [-0.25, -0.2) is 0 Å². The summed E-state index contributed by atoms with van der Waals surface area (Å²) in [5.41, 5.74) is 0.371. The van der Waals surface area contributed by atoms with Gasteiger partial charge in [0.15, 0.2) is 0 Å². The fourth-order valence-electron chi connectivity index (χ4n) is 2.93. The summed E-state index contributed by atoms with van der Waals surface area (Å²) in [6.07, 6.45) is 4.01. The van der Waals surface area contributed by atoms with Crippen LogP contribution >= 0.6 is 11.3 Å². The van der Waals surface area contributed by atoms with Crippen LogP contribution in [0.5, 0.6) is 0 Å². The van der Waals surface area contributed by atoms with Crippen molar-refractivity contribution in [2.45, 2.75) is 24.7 Å². The standard InChI is InChI=1S/C13H19NOS/c1-2-12(16-7-1)13(9-15-10-13)8-11-3-5-14-6-4-11/h1-2,7,11,14H,3-6,8-10H2. The first kappa shape index (κ1) is 10.8. The topological polar surface area (TPSA) is 21.3 Å². The summed E-state index contributed by atoms with van der Waals surface area (Å²) < 4.78 is 5.49. The smallest absolute Gasteiger partial charge is 0.0593 e. The Morgan fingerprint density at radius 1 is 1.38 bits per heavy atom. The second kappa shape index (κ2) is 4.47. The highest BCUT2D eigenvalue weighted by Crippen LogP contribution is 2.42. The largest absolute Gasteiger partial charge is 0.379 e. The first-order valence-electron chi connectivity index (χ1n) is 6.22. The minimum atomic E-state index is 0.371. The molecule has 2 fully saturated rings. The molecule has 0 saturated carbocycles. The third-order valence-electron chi connectivity index (χ3n) is 3.94. The zero-order valence-corrected chi connectivity index (χ0v) is 10.4. The van der Waals surface area contributed by atoms with Gasteiger partial charge in [-0.15, -0.1) is 11.3 Å². The Morgan fingerprint density at radius 2 is 2.19 bits per heavy atom. The van der Waals surface area contributed by atoms with Gasteiger partial charge in [-0.05, 0) is 49.7 Å². The van der Waals surface area contributed by atoms with Crippen molar-refractivity contribution in [2.24, 2.45) is 5.92 Å². The Balaban J connectivity index is 1.70. The Labute approximate surface area is 101 Å². The van der Waals surface area contributed by atoms with E-state index < -0.39 is 0 Å². The van der Waals surface area contributed by atoms with Crippen LogP contribution in [0.2, 0.25) is 0 Å². The van der Waals surface area contributed by atoms with Crippen LogP contribution < -0.4 is 5.32 Å². The molecule has 88 valence electrons. The van der Waals surface area contributed by atoms with Gasteiger partial charge >= 0.3 is 0 Å². The number of hydrogen-bond acceptors (Lipinski definition) is 3. The predicted molar refractivity (Wildman–Crippen MR) is 67.0 cm³/mol. The van der Waals surface area contributed by atoms with Crippen molar-refractivity contribution < 1.29 is 4.74 Å². The third-order valence-corrected chi connectivity index (χ3v) is 5.05. The van der Waals surface area contributed by atoms with Crippen LogP contribution in [-0.2, 0) is 10.2 Å². The summed E-state index contributed by atoms with van der Waals surface area (Å²) in [6, 6.07) is 4.46. The lowest BCUT2D eigenvalue weighted by Gasteiger charge is -2.43. The maximum atomic E-state index is 5.49. The van der Waals surface area contributed by atoms with Crippen molar-refractivity contribution in [3.05, 3.63) is 22.4 Å². The molecule has 3 heteroatoms. The Hall–Kier alpha value is -0.380. The van der Waals surface area contributed by atoms with Crippen LogP contribution in [-0.4, -0.2) is 26.3 Å². The van der Waals surface area contributed by atoms with E-state index in [0.29, 0.717) is 5.41 Å². The average Bonchev–Trinajstić information content (AvgIpc) is 2.78. The summed E-state index contributed by atoms with van der Waals surface area (Å²) in [7, 11) is 0. The van der Waals surface area contributed by atoms with E-state index in [1.807, 2.05) is 11.3 Å². The molecule has 2 nitrogen and oxygen atoms in total. The normalized spacial score (nSPS) is 25.2. The fourth-order valence-corrected chi connectivity index (χ4v) is 3.84. The number of nitrogens with one attached hydrogen (secondary N) is 1. The molecule has 1 aromatic rings. The van der Waals surface area contributed by atoms with Gasteiger partial charge in [0.25, 0.3) is 0 Å². The van der Waals surface area contributed by atoms with E-state index in [1.54, 1.807) is 0 Å². The molecule has 0 bridgehead atoms. The second-order valence-electron chi connectivity index (χ2n) is 5.15. The molecular formula is C13H19NOS. The predicted octanol–water partition coefficient (Wildman–Crippen LogP) is 2.41. The number of piperidine rings is 1. The number of hydrogen-bond donors (Lipinski definition) is 1. The van der Waals surface area contributed by atoms with E-state index in [4.69, 9.17) is 4.74 Å². The Morgan fingerprint density at radius 3 is 2.75 bits per heavy atom. The summed E-state index contributed by atoms with van der Waals surface area (Å²) in [5, 5.41) is 5.63. The second-order valence-corrected chi connectivity index (χ2v) is 6.10. The van der Waals surface area contributed by atoms with Crippen molar-refractivity contribution in [2.75, 3.05) is 26.3 Å². The Bertz CT molecular complexity index is 326. The van der Waals surface area contributed by atoms with Gasteiger partial charge < -0.3 is 10.1 Å². The van der Waals surface area contributed by atoms with E-state index in [0.717, 1.165) is 19.1 Å². The van der Waals surface area contributed by atoms with Crippen molar-refractivity contribution in [3.63, 3.8) is 0 Å². The number of ether oxygens (including phenoxy) is 1. The quantitative estimate of drug-likeness (QED) is 0.871. The number of thiophene rings is 1. The van der Waals surface area contributed by atoms with Crippen LogP contribution in [0.3, 0.4) is 0 Å². The van der Waals surface area contributed by atoms with E-state index in [2.05, 4.69) is 22.8 Å². The molecule has 0 unspecified atom stereocenters. The van der Waals surface area contributed by atoms with Crippen molar-refractivity contribution in [3.8, 4) is 0 Å². The molecule has 2 aliphatic heterocycles. The minimum absolute atomic E-state index is 0.371. The van der Waals surface area contributed by atoms with Crippen molar-refractivity contribution >= 4 is 11.3 Å². The zero-order chi connectivity index (χ0) is 10.8. The number of rotatable bonds is 3. The van der Waals surface area contributed by atoms with E-state index in [9.17, 15) is 0 Å². The van der Waals surface area contributed by atoms with Crippen LogP contribution in [0.15, 0.2) is 17.5 Å².